The predicted octanol–water partition coefficient (Wildman–Crippen LogP) is 5.85. The number of thiazole rings is 1. The molecule has 0 radical (unpaired) electrons. The number of amides is 1. The number of ether oxygens (including phenoxy) is 4. The van der Waals surface area contributed by atoms with Crippen molar-refractivity contribution < 1.29 is 38.4 Å². The van der Waals surface area contributed by atoms with Crippen LogP contribution in [0.3, 0.4) is 0 Å². The van der Waals surface area contributed by atoms with E-state index in [2.05, 4.69) is 4.98 Å². The minimum Gasteiger partial charge on any atom is -0.507 e. The maximum absolute atomic E-state index is 13.7. The van der Waals surface area contributed by atoms with E-state index in [4.69, 9.17) is 18.9 Å². The topological polar surface area (TPSA) is 124 Å². The first kappa shape index (κ1) is 30.3. The van der Waals surface area contributed by atoms with Crippen molar-refractivity contribution in [3.05, 3.63) is 106 Å². The minimum atomic E-state index is -1.11. The molecule has 0 saturated carbocycles. The van der Waals surface area contributed by atoms with Gasteiger partial charge in [-0.1, -0.05) is 59.9 Å². The number of rotatable bonds is 10. The Bertz CT molecular complexity index is 1750. The molecule has 1 aliphatic rings. The SMILES string of the molecule is CCOC(=O)c1sc(N2C(=O)C(=O)/C(=C(/O)c3cccc(OC)c3)C2c2ccc(OCc3ccccc3)c(OC)c2)nc1C. The molecule has 11 heteroatoms. The molecule has 3 aromatic carbocycles. The van der Waals surface area contributed by atoms with Gasteiger partial charge in [0.15, 0.2) is 16.6 Å². The monoisotopic (exact) mass is 614 g/mol. The molecule has 1 atom stereocenters. The summed E-state index contributed by atoms with van der Waals surface area (Å²) in [7, 11) is 2.97. The Labute approximate surface area is 258 Å². The van der Waals surface area contributed by atoms with Crippen LogP contribution in [0, 0.1) is 6.92 Å². The van der Waals surface area contributed by atoms with Crippen LogP contribution < -0.4 is 19.1 Å². The van der Waals surface area contributed by atoms with Crippen molar-refractivity contribution in [1.29, 1.82) is 0 Å². The van der Waals surface area contributed by atoms with Crippen LogP contribution in [-0.2, 0) is 20.9 Å². The molecular formula is C33H30N2O8S. The summed E-state index contributed by atoms with van der Waals surface area (Å²) in [6.45, 7) is 3.76. The quantitative estimate of drug-likeness (QED) is 0.101. The fraction of sp³-hybridized carbons (Fsp3) is 0.212. The molecule has 1 fully saturated rings. The molecule has 1 aliphatic heterocycles. The summed E-state index contributed by atoms with van der Waals surface area (Å²) in [6.07, 6.45) is 0. The Morgan fingerprint density at radius 2 is 1.75 bits per heavy atom. The molecule has 5 rings (SSSR count). The van der Waals surface area contributed by atoms with E-state index in [1.807, 2.05) is 30.3 Å². The van der Waals surface area contributed by atoms with Gasteiger partial charge in [0, 0.05) is 5.56 Å². The summed E-state index contributed by atoms with van der Waals surface area (Å²) in [4.78, 5) is 45.7. The van der Waals surface area contributed by atoms with Gasteiger partial charge in [-0.3, -0.25) is 14.5 Å². The molecule has 0 spiro atoms. The summed E-state index contributed by atoms with van der Waals surface area (Å²) in [5, 5.41) is 11.6. The summed E-state index contributed by atoms with van der Waals surface area (Å²) >= 11 is 0.931. The van der Waals surface area contributed by atoms with Gasteiger partial charge in [0.05, 0.1) is 38.1 Å². The molecule has 226 valence electrons. The Morgan fingerprint density at radius 3 is 2.45 bits per heavy atom. The molecule has 1 amide bonds. The van der Waals surface area contributed by atoms with Gasteiger partial charge in [-0.15, -0.1) is 0 Å². The Morgan fingerprint density at radius 1 is 0.977 bits per heavy atom. The first-order valence-corrected chi connectivity index (χ1v) is 14.5. The molecule has 0 aliphatic carbocycles. The zero-order chi connectivity index (χ0) is 31.4. The number of aryl methyl sites for hydroxylation is 1. The van der Waals surface area contributed by atoms with E-state index in [1.54, 1.807) is 56.3 Å². The number of Topliss-reactive ketones (excluding diaryl/α,β-unsaturated/α-hetero) is 1. The van der Waals surface area contributed by atoms with Crippen molar-refractivity contribution >= 4 is 39.9 Å². The third-order valence-electron chi connectivity index (χ3n) is 6.98. The number of aromatic nitrogens is 1. The second-order valence-electron chi connectivity index (χ2n) is 9.72. The number of carbonyl (C=O) groups excluding carboxylic acids is 3. The van der Waals surface area contributed by atoms with Crippen molar-refractivity contribution in [2.75, 3.05) is 25.7 Å². The fourth-order valence-electron chi connectivity index (χ4n) is 4.85. The first-order chi connectivity index (χ1) is 21.3. The Balaban J connectivity index is 1.64. The van der Waals surface area contributed by atoms with E-state index in [0.29, 0.717) is 35.1 Å². The van der Waals surface area contributed by atoms with E-state index in [9.17, 15) is 19.5 Å². The lowest BCUT2D eigenvalue weighted by atomic mass is 9.95. The third-order valence-corrected chi connectivity index (χ3v) is 8.12. The molecule has 2 heterocycles. The summed E-state index contributed by atoms with van der Waals surface area (Å²) in [6, 6.07) is 20.1. The normalized spacial score (nSPS) is 15.7. The van der Waals surface area contributed by atoms with Crippen molar-refractivity contribution in [2.45, 2.75) is 26.5 Å². The number of anilines is 1. The van der Waals surface area contributed by atoms with Gasteiger partial charge < -0.3 is 24.1 Å². The molecule has 10 nitrogen and oxygen atoms in total. The highest BCUT2D eigenvalue weighted by Gasteiger charge is 2.48. The number of hydrogen-bond donors (Lipinski definition) is 1. The zero-order valence-electron chi connectivity index (χ0n) is 24.5. The highest BCUT2D eigenvalue weighted by Crippen LogP contribution is 2.45. The fourth-order valence-corrected chi connectivity index (χ4v) is 5.84. The van der Waals surface area contributed by atoms with E-state index >= 15 is 0 Å². The maximum atomic E-state index is 13.7. The van der Waals surface area contributed by atoms with Gasteiger partial charge in [-0.05, 0) is 49.2 Å². The summed E-state index contributed by atoms with van der Waals surface area (Å²) < 4.78 is 22.1. The number of methoxy groups -OCH3 is 2. The molecule has 0 bridgehead atoms. The second kappa shape index (κ2) is 13.0. The lowest BCUT2D eigenvalue weighted by Gasteiger charge is -2.24. The smallest absolute Gasteiger partial charge is 0.350 e. The van der Waals surface area contributed by atoms with E-state index in [1.165, 1.54) is 19.1 Å². The average Bonchev–Trinajstić information content (AvgIpc) is 3.56. The Kier molecular flexibility index (Phi) is 8.96. The van der Waals surface area contributed by atoms with Gasteiger partial charge >= 0.3 is 11.9 Å². The standard InChI is InChI=1S/C33H30N2O8S/c1-5-42-32(39)30-19(2)34-33(44-30)35-27(26(29(37)31(35)38)28(36)22-12-9-13-23(16-22)40-3)21-14-15-24(25(17-21)41-4)43-18-20-10-7-6-8-11-20/h6-17,27,36H,5,18H2,1-4H3/b28-26+. The van der Waals surface area contributed by atoms with E-state index in [0.717, 1.165) is 16.9 Å². The zero-order valence-corrected chi connectivity index (χ0v) is 25.3. The van der Waals surface area contributed by atoms with Crippen molar-refractivity contribution in [3.63, 3.8) is 0 Å². The lowest BCUT2D eigenvalue weighted by molar-refractivity contribution is -0.132. The molecule has 1 aromatic heterocycles. The van der Waals surface area contributed by atoms with Crippen molar-refractivity contribution in [2.24, 2.45) is 0 Å². The van der Waals surface area contributed by atoms with Crippen LogP contribution in [0.5, 0.6) is 17.2 Å². The van der Waals surface area contributed by atoms with E-state index < -0.39 is 29.5 Å². The number of aliphatic hydroxyl groups excluding tert-OH is 1. The highest BCUT2D eigenvalue weighted by molar-refractivity contribution is 7.17. The predicted molar refractivity (Wildman–Crippen MR) is 164 cm³/mol. The largest absolute Gasteiger partial charge is 0.507 e. The van der Waals surface area contributed by atoms with Gasteiger partial charge in [-0.25, -0.2) is 9.78 Å². The number of esters is 1. The van der Waals surface area contributed by atoms with Gasteiger partial charge in [0.2, 0.25) is 0 Å². The number of aliphatic hydroxyl groups is 1. The lowest BCUT2D eigenvalue weighted by Crippen LogP contribution is -2.29. The minimum absolute atomic E-state index is 0.103. The number of ketones is 1. The van der Waals surface area contributed by atoms with Crippen LogP contribution in [0.1, 0.15) is 45.0 Å². The van der Waals surface area contributed by atoms with Crippen LogP contribution in [0.15, 0.2) is 78.4 Å². The Hall–Kier alpha value is -5.16. The van der Waals surface area contributed by atoms with Crippen LogP contribution in [0.25, 0.3) is 5.76 Å². The van der Waals surface area contributed by atoms with Gasteiger partial charge in [0.25, 0.3) is 5.78 Å². The van der Waals surface area contributed by atoms with Gasteiger partial charge in [0.1, 0.15) is 23.0 Å². The average molecular weight is 615 g/mol. The van der Waals surface area contributed by atoms with Crippen LogP contribution in [0.4, 0.5) is 5.13 Å². The van der Waals surface area contributed by atoms with Crippen molar-refractivity contribution in [3.8, 4) is 17.2 Å². The van der Waals surface area contributed by atoms with Crippen LogP contribution >= 0.6 is 11.3 Å². The first-order valence-electron chi connectivity index (χ1n) is 13.7. The second-order valence-corrected chi connectivity index (χ2v) is 10.7. The van der Waals surface area contributed by atoms with Crippen LogP contribution in [0.2, 0.25) is 0 Å². The number of nitrogens with zero attached hydrogens (tertiary/aromatic N) is 2. The summed E-state index contributed by atoms with van der Waals surface area (Å²) in [5.41, 5.74) is 1.88. The highest BCUT2D eigenvalue weighted by atomic mass is 32.1. The van der Waals surface area contributed by atoms with Crippen molar-refractivity contribution in [1.82, 2.24) is 4.98 Å². The molecule has 1 saturated heterocycles. The number of carbonyl (C=O) groups is 3. The van der Waals surface area contributed by atoms with Crippen LogP contribution in [-0.4, -0.2) is 48.6 Å². The third kappa shape index (κ3) is 5.86. The molecule has 44 heavy (non-hydrogen) atoms. The number of hydrogen-bond acceptors (Lipinski definition) is 10. The molecule has 4 aromatic rings. The maximum Gasteiger partial charge on any atom is 0.350 e. The van der Waals surface area contributed by atoms with Gasteiger partial charge in [-0.2, -0.15) is 0 Å². The molecule has 1 N–H and O–H groups in total. The number of benzene rings is 3. The molecular weight excluding hydrogens is 584 g/mol. The van der Waals surface area contributed by atoms with E-state index in [-0.39, 0.29) is 27.8 Å². The molecule has 1 unspecified atom stereocenters. The summed E-state index contributed by atoms with van der Waals surface area (Å²) in [5.74, 6) is -1.54.